The number of halogens is 1. The van der Waals surface area contributed by atoms with Crippen LogP contribution in [0.25, 0.3) is 0 Å². The van der Waals surface area contributed by atoms with Gasteiger partial charge in [-0.1, -0.05) is 0 Å². The molecule has 7 nitrogen and oxygen atoms in total. The van der Waals surface area contributed by atoms with Gasteiger partial charge in [-0.15, -0.1) is 0 Å². The summed E-state index contributed by atoms with van der Waals surface area (Å²) in [6.45, 7) is 2.00. The molecule has 1 aliphatic rings. The third-order valence-corrected chi connectivity index (χ3v) is 5.38. The molecule has 0 aromatic carbocycles. The Kier molecular flexibility index (Phi) is 5.29. The fourth-order valence-corrected chi connectivity index (χ4v) is 4.31. The Labute approximate surface area is 150 Å². The van der Waals surface area contributed by atoms with Gasteiger partial charge >= 0.3 is 6.03 Å². The Morgan fingerprint density at radius 2 is 1.96 bits per heavy atom. The average molecular weight is 401 g/mol. The molecule has 0 bridgehead atoms. The normalized spacial score (nSPS) is 26.3. The lowest BCUT2D eigenvalue weighted by molar-refractivity contribution is 0.0883. The maximum atomic E-state index is 12.2. The molecule has 8 heteroatoms. The molecule has 3 atom stereocenters. The van der Waals surface area contributed by atoms with Gasteiger partial charge < -0.3 is 24.8 Å². The molecule has 1 saturated carbocycles. The van der Waals surface area contributed by atoms with E-state index in [2.05, 4.69) is 21.2 Å². The van der Waals surface area contributed by atoms with E-state index in [9.17, 15) is 14.7 Å². The predicted molar refractivity (Wildman–Crippen MR) is 95.0 cm³/mol. The Morgan fingerprint density at radius 1 is 1.33 bits per heavy atom. The summed E-state index contributed by atoms with van der Waals surface area (Å²) >= 11 is 3.50. The fraction of sp³-hybridized carbons (Fsp3) is 0.625. The van der Waals surface area contributed by atoms with Gasteiger partial charge in [-0.3, -0.25) is 4.79 Å². The maximum Gasteiger partial charge on any atom is 0.319 e. The van der Waals surface area contributed by atoms with Crippen molar-refractivity contribution in [2.45, 2.75) is 37.5 Å². The number of hydrogen-bond donors (Lipinski definition) is 2. The highest BCUT2D eigenvalue weighted by Crippen LogP contribution is 2.42. The number of aliphatic hydroxyl groups excluding tert-OH is 1. The summed E-state index contributed by atoms with van der Waals surface area (Å²) < 4.78 is 2.68. The summed E-state index contributed by atoms with van der Waals surface area (Å²) in [6.07, 6.45) is 0.359. The van der Waals surface area contributed by atoms with Crippen LogP contribution >= 0.6 is 15.9 Å². The van der Waals surface area contributed by atoms with Crippen LogP contribution in [0.2, 0.25) is 0 Å². The van der Waals surface area contributed by atoms with E-state index in [0.717, 1.165) is 4.60 Å². The number of aliphatic hydroxyl groups is 1. The predicted octanol–water partition coefficient (Wildman–Crippen LogP) is 1.46. The van der Waals surface area contributed by atoms with Crippen molar-refractivity contribution in [2.75, 3.05) is 28.2 Å². The number of nitrogens with one attached hydrogen (secondary N) is 1. The molecule has 1 aliphatic carbocycles. The molecule has 2 N–H and O–H groups in total. The van der Waals surface area contributed by atoms with Crippen LogP contribution in [0.15, 0.2) is 16.7 Å². The first-order valence-electron chi connectivity index (χ1n) is 7.84. The topological polar surface area (TPSA) is 77.8 Å². The number of carbonyl (C=O) groups excluding carboxylic acids is 2. The monoisotopic (exact) mass is 400 g/mol. The van der Waals surface area contributed by atoms with Gasteiger partial charge in [-0.25, -0.2) is 4.79 Å². The van der Waals surface area contributed by atoms with Crippen molar-refractivity contribution in [1.82, 2.24) is 19.7 Å². The molecule has 1 fully saturated rings. The Balaban J connectivity index is 2.35. The van der Waals surface area contributed by atoms with E-state index in [-0.39, 0.29) is 18.0 Å². The number of likely N-dealkylation sites (N-methyl/N-ethyl adjacent to an activating group) is 1. The summed E-state index contributed by atoms with van der Waals surface area (Å²) in [5.41, 5.74) is 0.0519. The number of aromatic nitrogens is 1. The number of urea groups is 1. The highest BCUT2D eigenvalue weighted by molar-refractivity contribution is 9.10. The zero-order valence-corrected chi connectivity index (χ0v) is 16.3. The highest BCUT2D eigenvalue weighted by atomic mass is 79.9. The second-order valence-electron chi connectivity index (χ2n) is 6.78. The zero-order chi connectivity index (χ0) is 18.2. The summed E-state index contributed by atoms with van der Waals surface area (Å²) in [6, 6.07) is 3.12. The van der Waals surface area contributed by atoms with Gasteiger partial charge in [-0.05, 0) is 47.8 Å². The highest BCUT2D eigenvalue weighted by Gasteiger charge is 2.47. The van der Waals surface area contributed by atoms with Crippen LogP contribution in [-0.4, -0.2) is 71.7 Å². The van der Waals surface area contributed by atoms with Crippen molar-refractivity contribution in [3.05, 3.63) is 22.4 Å². The quantitative estimate of drug-likeness (QED) is 0.805. The molecule has 1 aromatic heterocycles. The van der Waals surface area contributed by atoms with E-state index < -0.39 is 11.6 Å². The van der Waals surface area contributed by atoms with E-state index in [1.807, 2.05) is 17.6 Å². The summed E-state index contributed by atoms with van der Waals surface area (Å²) in [5, 5.41) is 13.2. The number of rotatable bonds is 3. The van der Waals surface area contributed by atoms with Crippen molar-refractivity contribution in [3.63, 3.8) is 0 Å². The molecule has 1 aromatic rings. The van der Waals surface area contributed by atoms with E-state index in [4.69, 9.17) is 0 Å². The van der Waals surface area contributed by atoms with Crippen LogP contribution in [0.1, 0.15) is 30.3 Å². The molecule has 0 aliphatic heterocycles. The molecule has 3 amide bonds. The lowest BCUT2D eigenvalue weighted by atomic mass is 9.99. The third-order valence-electron chi connectivity index (χ3n) is 4.76. The van der Waals surface area contributed by atoms with E-state index in [1.165, 1.54) is 4.90 Å². The minimum atomic E-state index is -0.657. The summed E-state index contributed by atoms with van der Waals surface area (Å²) in [7, 11) is 6.66. The van der Waals surface area contributed by atoms with Crippen LogP contribution in [0.3, 0.4) is 0 Å². The number of carbonyl (C=O) groups is 2. The van der Waals surface area contributed by atoms with Crippen LogP contribution in [-0.2, 0) is 5.54 Å². The molecule has 0 spiro atoms. The van der Waals surface area contributed by atoms with Gasteiger partial charge in [0.05, 0.1) is 16.7 Å². The second kappa shape index (κ2) is 6.76. The lowest BCUT2D eigenvalue weighted by Crippen LogP contribution is -2.46. The van der Waals surface area contributed by atoms with Crippen molar-refractivity contribution in [2.24, 2.45) is 0 Å². The van der Waals surface area contributed by atoms with E-state index in [0.29, 0.717) is 18.5 Å². The molecule has 0 radical (unpaired) electrons. The summed E-state index contributed by atoms with van der Waals surface area (Å²) in [5.74, 6) is -0.183. The average Bonchev–Trinajstić information content (AvgIpc) is 3.05. The maximum absolute atomic E-state index is 12.2. The fourth-order valence-electron chi connectivity index (χ4n) is 3.56. The van der Waals surface area contributed by atoms with Gasteiger partial charge in [0.1, 0.15) is 5.69 Å². The molecule has 0 saturated heterocycles. The van der Waals surface area contributed by atoms with Crippen LogP contribution in [0.4, 0.5) is 4.79 Å². The van der Waals surface area contributed by atoms with Crippen molar-refractivity contribution >= 4 is 27.9 Å². The van der Waals surface area contributed by atoms with E-state index >= 15 is 0 Å². The third kappa shape index (κ3) is 3.17. The van der Waals surface area contributed by atoms with Gasteiger partial charge in [0.15, 0.2) is 0 Å². The Hall–Kier alpha value is -1.54. The standard InChI is InChI=1S/C16H25BrN4O3/c1-16(21-10(14(23)18-2)6-7-13(21)17)8-11(12(22)9-16)20(5)15(24)19(3)4/h6-7,11-12,22H,8-9H2,1-5H3,(H,18,23)/t11-,12+,16-/m0/s1. The van der Waals surface area contributed by atoms with Gasteiger partial charge in [-0.2, -0.15) is 0 Å². The van der Waals surface area contributed by atoms with Crippen LogP contribution in [0.5, 0.6) is 0 Å². The first-order valence-corrected chi connectivity index (χ1v) is 8.63. The smallest absolute Gasteiger partial charge is 0.319 e. The minimum Gasteiger partial charge on any atom is -0.391 e. The minimum absolute atomic E-state index is 0.151. The molecule has 2 rings (SSSR count). The van der Waals surface area contributed by atoms with Crippen LogP contribution < -0.4 is 5.32 Å². The Bertz CT molecular complexity index is 645. The number of amides is 3. The SMILES string of the molecule is CNC(=O)c1ccc(Br)n1[C@]1(C)C[C@@H](O)[C@@H](N(C)C(=O)N(C)C)C1. The first kappa shape index (κ1) is 18.8. The Morgan fingerprint density at radius 3 is 2.50 bits per heavy atom. The van der Waals surface area contributed by atoms with Crippen molar-refractivity contribution in [3.8, 4) is 0 Å². The number of hydrogen-bond acceptors (Lipinski definition) is 3. The first-order chi connectivity index (χ1) is 11.1. The molecule has 24 heavy (non-hydrogen) atoms. The molecular weight excluding hydrogens is 376 g/mol. The second-order valence-corrected chi connectivity index (χ2v) is 7.60. The largest absolute Gasteiger partial charge is 0.391 e. The van der Waals surface area contributed by atoms with Gasteiger partial charge in [0.2, 0.25) is 0 Å². The molecule has 1 heterocycles. The summed E-state index contributed by atoms with van der Waals surface area (Å²) in [4.78, 5) is 27.4. The van der Waals surface area contributed by atoms with Crippen molar-refractivity contribution in [1.29, 1.82) is 0 Å². The lowest BCUT2D eigenvalue weighted by Gasteiger charge is -2.32. The molecular formula is C16H25BrN4O3. The van der Waals surface area contributed by atoms with Crippen LogP contribution in [0, 0.1) is 0 Å². The van der Waals surface area contributed by atoms with Crippen molar-refractivity contribution < 1.29 is 14.7 Å². The van der Waals surface area contributed by atoms with E-state index in [1.54, 1.807) is 39.2 Å². The zero-order valence-electron chi connectivity index (χ0n) is 14.7. The molecule has 0 unspecified atom stereocenters. The van der Waals surface area contributed by atoms with Gasteiger partial charge in [0.25, 0.3) is 5.91 Å². The molecule has 134 valence electrons. The van der Waals surface area contributed by atoms with Gasteiger partial charge in [0, 0.05) is 33.7 Å². The number of nitrogens with zero attached hydrogens (tertiary/aromatic N) is 3.